The predicted octanol–water partition coefficient (Wildman–Crippen LogP) is 3.84. The van der Waals surface area contributed by atoms with Crippen LogP contribution in [0.5, 0.6) is 0 Å². The molecule has 4 nitrogen and oxygen atoms in total. The van der Waals surface area contributed by atoms with Crippen molar-refractivity contribution in [2.24, 2.45) is 0 Å². The summed E-state index contributed by atoms with van der Waals surface area (Å²) in [5.41, 5.74) is 0. The summed E-state index contributed by atoms with van der Waals surface area (Å²) in [6, 6.07) is 0. The number of carboxylic acid groups (broad SMARTS) is 1. The first-order chi connectivity index (χ1) is 8.20. The number of hydrogen-bond acceptors (Lipinski definition) is 3. The minimum absolute atomic E-state index is 0.304. The van der Waals surface area contributed by atoms with E-state index in [1.807, 2.05) is 0 Å². The van der Waals surface area contributed by atoms with Crippen LogP contribution in [0, 0.1) is 0 Å². The van der Waals surface area contributed by atoms with Crippen LogP contribution >= 0.6 is 0 Å². The van der Waals surface area contributed by atoms with Crippen molar-refractivity contribution in [3.63, 3.8) is 0 Å². The molecule has 0 aliphatic carbocycles. The van der Waals surface area contributed by atoms with E-state index in [1.54, 1.807) is 0 Å². The van der Waals surface area contributed by atoms with Crippen LogP contribution in [0.25, 0.3) is 0 Å². The van der Waals surface area contributed by atoms with Crippen molar-refractivity contribution < 1.29 is 19.4 Å². The van der Waals surface area contributed by atoms with Crippen molar-refractivity contribution in [2.75, 3.05) is 13.2 Å². The Morgan fingerprint density at radius 2 is 1.82 bits per heavy atom. The second-order valence-electron chi connectivity index (χ2n) is 4.28. The molecule has 0 saturated carbocycles. The Kier molecular flexibility index (Phi) is 11.2. The van der Waals surface area contributed by atoms with E-state index in [2.05, 4.69) is 13.8 Å². The molecule has 1 unspecified atom stereocenters. The molecule has 0 aromatic heterocycles. The average molecular weight is 246 g/mol. The van der Waals surface area contributed by atoms with E-state index in [4.69, 9.17) is 14.6 Å². The van der Waals surface area contributed by atoms with Crippen LogP contribution in [0.1, 0.15) is 58.8 Å². The summed E-state index contributed by atoms with van der Waals surface area (Å²) < 4.78 is 10.2. The standard InChI is InChI=1S/C13H26O4/c1-3-5-7-8-9-12(17-13(14)15)11-16-10-6-4-2/h12H,3-11H2,1-2H3,(H,14,15). The van der Waals surface area contributed by atoms with Crippen molar-refractivity contribution in [2.45, 2.75) is 64.9 Å². The Morgan fingerprint density at radius 1 is 1.12 bits per heavy atom. The number of unbranched alkanes of at least 4 members (excludes halogenated alkanes) is 4. The Labute approximate surface area is 104 Å². The fourth-order valence-corrected chi connectivity index (χ4v) is 1.58. The molecule has 0 aromatic carbocycles. The highest BCUT2D eigenvalue weighted by atomic mass is 16.7. The third kappa shape index (κ3) is 11.5. The highest BCUT2D eigenvalue weighted by Gasteiger charge is 2.13. The molecule has 102 valence electrons. The summed E-state index contributed by atoms with van der Waals surface area (Å²) in [5, 5.41) is 8.61. The molecule has 0 spiro atoms. The monoisotopic (exact) mass is 246 g/mol. The second-order valence-corrected chi connectivity index (χ2v) is 4.28. The van der Waals surface area contributed by atoms with E-state index in [0.29, 0.717) is 13.2 Å². The minimum Gasteiger partial charge on any atom is -0.450 e. The molecule has 4 heteroatoms. The lowest BCUT2D eigenvalue weighted by Gasteiger charge is -2.16. The second kappa shape index (κ2) is 11.7. The van der Waals surface area contributed by atoms with Gasteiger partial charge in [-0.25, -0.2) is 4.79 Å². The summed E-state index contributed by atoms with van der Waals surface area (Å²) in [5.74, 6) is 0. The molecule has 0 fully saturated rings. The molecule has 0 amide bonds. The maximum atomic E-state index is 10.5. The SMILES string of the molecule is CCCCCCC(COCCCC)OC(=O)O. The van der Waals surface area contributed by atoms with Gasteiger partial charge in [0, 0.05) is 6.61 Å². The summed E-state index contributed by atoms with van der Waals surface area (Å²) in [6.07, 6.45) is 5.85. The molecule has 0 heterocycles. The largest absolute Gasteiger partial charge is 0.506 e. The van der Waals surface area contributed by atoms with E-state index in [9.17, 15) is 4.79 Å². The zero-order valence-corrected chi connectivity index (χ0v) is 11.1. The van der Waals surface area contributed by atoms with E-state index >= 15 is 0 Å². The fourth-order valence-electron chi connectivity index (χ4n) is 1.58. The van der Waals surface area contributed by atoms with Crippen LogP contribution < -0.4 is 0 Å². The molecule has 1 N–H and O–H groups in total. The zero-order chi connectivity index (χ0) is 12.9. The van der Waals surface area contributed by atoms with Crippen LogP contribution in [-0.2, 0) is 9.47 Å². The van der Waals surface area contributed by atoms with Crippen LogP contribution in [-0.4, -0.2) is 30.6 Å². The van der Waals surface area contributed by atoms with Gasteiger partial charge in [0.1, 0.15) is 6.10 Å². The first-order valence-corrected chi connectivity index (χ1v) is 6.68. The molecule has 0 aliphatic heterocycles. The van der Waals surface area contributed by atoms with Gasteiger partial charge in [0.05, 0.1) is 6.61 Å². The number of carbonyl (C=O) groups is 1. The first-order valence-electron chi connectivity index (χ1n) is 6.68. The molecule has 17 heavy (non-hydrogen) atoms. The van der Waals surface area contributed by atoms with Crippen LogP contribution in [0.4, 0.5) is 4.79 Å². The van der Waals surface area contributed by atoms with Gasteiger partial charge in [0.25, 0.3) is 0 Å². The molecule has 1 atom stereocenters. The van der Waals surface area contributed by atoms with Gasteiger partial charge >= 0.3 is 6.16 Å². The average Bonchev–Trinajstić information content (AvgIpc) is 2.29. The molecule has 0 aliphatic rings. The van der Waals surface area contributed by atoms with Crippen molar-refractivity contribution in [3.8, 4) is 0 Å². The molecular weight excluding hydrogens is 220 g/mol. The highest BCUT2D eigenvalue weighted by molar-refractivity contribution is 5.57. The summed E-state index contributed by atoms with van der Waals surface area (Å²) >= 11 is 0. The van der Waals surface area contributed by atoms with E-state index < -0.39 is 6.16 Å². The first kappa shape index (κ1) is 16.2. The van der Waals surface area contributed by atoms with Gasteiger partial charge in [-0.15, -0.1) is 0 Å². The van der Waals surface area contributed by atoms with Crippen LogP contribution in [0.15, 0.2) is 0 Å². The molecule has 0 rings (SSSR count). The van der Waals surface area contributed by atoms with Gasteiger partial charge in [-0.3, -0.25) is 0 Å². The lowest BCUT2D eigenvalue weighted by molar-refractivity contribution is -0.00653. The van der Waals surface area contributed by atoms with Crippen molar-refractivity contribution in [1.82, 2.24) is 0 Å². The smallest absolute Gasteiger partial charge is 0.450 e. The van der Waals surface area contributed by atoms with Gasteiger partial charge in [-0.2, -0.15) is 0 Å². The van der Waals surface area contributed by atoms with Gasteiger partial charge in [-0.1, -0.05) is 39.5 Å². The molecule has 0 saturated heterocycles. The van der Waals surface area contributed by atoms with Crippen LogP contribution in [0.2, 0.25) is 0 Å². The van der Waals surface area contributed by atoms with Crippen molar-refractivity contribution in [1.29, 1.82) is 0 Å². The zero-order valence-electron chi connectivity index (χ0n) is 11.1. The number of rotatable bonds is 11. The van der Waals surface area contributed by atoms with E-state index in [1.165, 1.54) is 12.8 Å². The molecule has 0 bridgehead atoms. The van der Waals surface area contributed by atoms with Gasteiger partial charge in [0.15, 0.2) is 0 Å². The quantitative estimate of drug-likeness (QED) is 0.444. The van der Waals surface area contributed by atoms with Crippen LogP contribution in [0.3, 0.4) is 0 Å². The Bertz CT molecular complexity index is 170. The van der Waals surface area contributed by atoms with E-state index in [0.717, 1.165) is 32.1 Å². The van der Waals surface area contributed by atoms with Gasteiger partial charge in [-0.05, 0) is 19.3 Å². The summed E-state index contributed by atoms with van der Waals surface area (Å²) in [4.78, 5) is 10.5. The topological polar surface area (TPSA) is 55.8 Å². The molecule has 0 radical (unpaired) electrons. The summed E-state index contributed by atoms with van der Waals surface area (Å²) in [7, 11) is 0. The van der Waals surface area contributed by atoms with Crippen molar-refractivity contribution >= 4 is 6.16 Å². The van der Waals surface area contributed by atoms with E-state index in [-0.39, 0.29) is 6.10 Å². The van der Waals surface area contributed by atoms with Gasteiger partial charge in [0.2, 0.25) is 0 Å². The normalized spacial score (nSPS) is 12.4. The van der Waals surface area contributed by atoms with Gasteiger partial charge < -0.3 is 14.6 Å². The third-order valence-corrected chi connectivity index (χ3v) is 2.59. The Balaban J connectivity index is 3.68. The number of ether oxygens (including phenoxy) is 2. The Hall–Kier alpha value is -0.770. The maximum absolute atomic E-state index is 10.5. The maximum Gasteiger partial charge on any atom is 0.506 e. The minimum atomic E-state index is -1.20. The predicted molar refractivity (Wildman–Crippen MR) is 67.4 cm³/mol. The lowest BCUT2D eigenvalue weighted by atomic mass is 10.1. The fraction of sp³-hybridized carbons (Fsp3) is 0.923. The molecule has 0 aromatic rings. The highest BCUT2D eigenvalue weighted by Crippen LogP contribution is 2.09. The molecular formula is C13H26O4. The number of hydrogen-bond donors (Lipinski definition) is 1. The van der Waals surface area contributed by atoms with Crippen molar-refractivity contribution in [3.05, 3.63) is 0 Å². The summed E-state index contributed by atoms with van der Waals surface area (Å²) in [6.45, 7) is 5.32. The third-order valence-electron chi connectivity index (χ3n) is 2.59. The Morgan fingerprint density at radius 3 is 2.41 bits per heavy atom. The lowest BCUT2D eigenvalue weighted by Crippen LogP contribution is -2.23.